The topological polar surface area (TPSA) is 46.8 Å². The van der Waals surface area contributed by atoms with E-state index < -0.39 is 0 Å². The Morgan fingerprint density at radius 2 is 2.12 bits per heavy atom. The molecule has 1 aromatic carbocycles. The zero-order valence-electron chi connectivity index (χ0n) is 14.3. The lowest BCUT2D eigenvalue weighted by molar-refractivity contribution is 0.245. The van der Waals surface area contributed by atoms with Crippen molar-refractivity contribution in [1.29, 1.82) is 0 Å². The molecule has 3 aromatic rings. The van der Waals surface area contributed by atoms with E-state index in [0.717, 1.165) is 30.8 Å². The predicted octanol–water partition coefficient (Wildman–Crippen LogP) is 3.04. The van der Waals surface area contributed by atoms with Crippen molar-refractivity contribution in [3.8, 4) is 5.75 Å². The third kappa shape index (κ3) is 3.15. The number of pyridine rings is 1. The molecule has 4 rings (SSSR count). The normalized spacial score (nSPS) is 17.9. The molecule has 3 heterocycles. The monoisotopic (exact) mass is 335 g/mol. The van der Waals surface area contributed by atoms with Crippen molar-refractivity contribution in [1.82, 2.24) is 14.3 Å². The van der Waals surface area contributed by atoms with E-state index in [2.05, 4.69) is 22.0 Å². The van der Waals surface area contributed by atoms with Crippen molar-refractivity contribution in [3.05, 3.63) is 76.3 Å². The number of benzene rings is 1. The average molecular weight is 335 g/mol. The number of hydrogen-bond acceptors (Lipinski definition) is 4. The highest BCUT2D eigenvalue weighted by Crippen LogP contribution is 2.34. The Morgan fingerprint density at radius 3 is 3.00 bits per heavy atom. The smallest absolute Gasteiger partial charge is 0.258 e. The van der Waals surface area contributed by atoms with Crippen LogP contribution in [0.2, 0.25) is 0 Å². The third-order valence-corrected chi connectivity index (χ3v) is 4.83. The van der Waals surface area contributed by atoms with Crippen LogP contribution >= 0.6 is 0 Å². The molecule has 0 amide bonds. The molecule has 1 aliphatic heterocycles. The lowest BCUT2D eigenvalue weighted by Gasteiger charge is -2.24. The number of nitrogens with zero attached hydrogens (tertiary/aromatic N) is 3. The van der Waals surface area contributed by atoms with Crippen molar-refractivity contribution < 1.29 is 4.74 Å². The van der Waals surface area contributed by atoms with E-state index in [0.29, 0.717) is 18.2 Å². The molecule has 0 saturated carbocycles. The van der Waals surface area contributed by atoms with Gasteiger partial charge < -0.3 is 4.74 Å². The molecule has 0 spiro atoms. The zero-order chi connectivity index (χ0) is 17.2. The molecule has 5 heteroatoms. The Bertz CT molecular complexity index is 951. The largest absolute Gasteiger partial charge is 0.497 e. The van der Waals surface area contributed by atoms with Crippen LogP contribution in [0.3, 0.4) is 0 Å². The molecule has 1 unspecified atom stereocenters. The van der Waals surface area contributed by atoms with Crippen molar-refractivity contribution in [2.24, 2.45) is 0 Å². The summed E-state index contributed by atoms with van der Waals surface area (Å²) in [5.74, 6) is 0.881. The Balaban J connectivity index is 1.62. The predicted molar refractivity (Wildman–Crippen MR) is 96.8 cm³/mol. The third-order valence-electron chi connectivity index (χ3n) is 4.83. The van der Waals surface area contributed by atoms with E-state index in [-0.39, 0.29) is 5.56 Å². The van der Waals surface area contributed by atoms with Crippen LogP contribution in [0, 0.1) is 0 Å². The van der Waals surface area contributed by atoms with Crippen molar-refractivity contribution in [2.75, 3.05) is 13.7 Å². The summed E-state index contributed by atoms with van der Waals surface area (Å²) in [5.41, 5.74) is 2.75. The van der Waals surface area contributed by atoms with Gasteiger partial charge in [0.1, 0.15) is 11.4 Å². The van der Waals surface area contributed by atoms with Crippen LogP contribution in [-0.2, 0) is 6.54 Å². The zero-order valence-corrected chi connectivity index (χ0v) is 14.3. The number of aromatic nitrogens is 2. The quantitative estimate of drug-likeness (QED) is 0.735. The summed E-state index contributed by atoms with van der Waals surface area (Å²) >= 11 is 0. The molecule has 5 nitrogen and oxygen atoms in total. The first-order valence-electron chi connectivity index (χ1n) is 8.60. The number of ether oxygens (including phenoxy) is 1. The summed E-state index contributed by atoms with van der Waals surface area (Å²) in [4.78, 5) is 19.4. The Labute approximate surface area is 146 Å². The second-order valence-corrected chi connectivity index (χ2v) is 6.42. The van der Waals surface area contributed by atoms with E-state index in [1.165, 1.54) is 5.56 Å². The van der Waals surface area contributed by atoms with Gasteiger partial charge in [-0.3, -0.25) is 14.1 Å². The number of hydrogen-bond donors (Lipinski definition) is 0. The Hall–Kier alpha value is -2.66. The van der Waals surface area contributed by atoms with E-state index in [1.54, 1.807) is 23.8 Å². The van der Waals surface area contributed by atoms with Gasteiger partial charge in [-0.2, -0.15) is 0 Å². The number of rotatable bonds is 4. The van der Waals surface area contributed by atoms with Crippen LogP contribution in [0.25, 0.3) is 5.65 Å². The average Bonchev–Trinajstić information content (AvgIpc) is 3.10. The molecule has 0 aliphatic carbocycles. The standard InChI is InChI=1S/C20H21N3O2/c1-25-17-7-4-6-15(12-17)18-8-5-10-22(18)14-16-13-20(24)23-11-3-2-9-19(23)21-16/h2-4,6-7,9,11-13,18H,5,8,10,14H2,1H3. The van der Waals surface area contributed by atoms with Gasteiger partial charge in [0.05, 0.1) is 12.8 Å². The van der Waals surface area contributed by atoms with Gasteiger partial charge in [-0.05, 0) is 49.2 Å². The van der Waals surface area contributed by atoms with Crippen LogP contribution in [-0.4, -0.2) is 27.9 Å². The summed E-state index contributed by atoms with van der Waals surface area (Å²) < 4.78 is 6.93. The maximum absolute atomic E-state index is 12.3. The Kier molecular flexibility index (Phi) is 4.24. The molecule has 2 aromatic heterocycles. The van der Waals surface area contributed by atoms with Gasteiger partial charge in [0, 0.05) is 24.8 Å². The molecule has 1 aliphatic rings. The van der Waals surface area contributed by atoms with Crippen molar-refractivity contribution >= 4 is 5.65 Å². The molecule has 25 heavy (non-hydrogen) atoms. The number of fused-ring (bicyclic) bond motifs is 1. The minimum atomic E-state index is -0.0299. The highest BCUT2D eigenvalue weighted by molar-refractivity contribution is 5.38. The fraction of sp³-hybridized carbons (Fsp3) is 0.300. The van der Waals surface area contributed by atoms with Gasteiger partial charge in [0.2, 0.25) is 0 Å². The van der Waals surface area contributed by atoms with E-state index in [9.17, 15) is 4.79 Å². The highest BCUT2D eigenvalue weighted by Gasteiger charge is 2.26. The first-order chi connectivity index (χ1) is 12.2. The summed E-state index contributed by atoms with van der Waals surface area (Å²) in [6.07, 6.45) is 4.01. The van der Waals surface area contributed by atoms with Crippen LogP contribution in [0.15, 0.2) is 59.5 Å². The van der Waals surface area contributed by atoms with E-state index in [1.807, 2.05) is 30.3 Å². The molecule has 0 bridgehead atoms. The number of likely N-dealkylation sites (tertiary alicyclic amines) is 1. The fourth-order valence-corrected chi connectivity index (χ4v) is 3.63. The Morgan fingerprint density at radius 1 is 1.20 bits per heavy atom. The van der Waals surface area contributed by atoms with Crippen LogP contribution in [0.1, 0.15) is 30.1 Å². The lowest BCUT2D eigenvalue weighted by atomic mass is 10.0. The summed E-state index contributed by atoms with van der Waals surface area (Å²) in [7, 11) is 1.69. The van der Waals surface area contributed by atoms with Gasteiger partial charge in [-0.15, -0.1) is 0 Å². The lowest BCUT2D eigenvalue weighted by Crippen LogP contribution is -2.25. The molecule has 1 atom stereocenters. The highest BCUT2D eigenvalue weighted by atomic mass is 16.5. The van der Waals surface area contributed by atoms with Gasteiger partial charge in [0.15, 0.2) is 0 Å². The minimum Gasteiger partial charge on any atom is -0.497 e. The molecule has 1 fully saturated rings. The van der Waals surface area contributed by atoms with Gasteiger partial charge in [0.25, 0.3) is 5.56 Å². The molecule has 1 saturated heterocycles. The van der Waals surface area contributed by atoms with Crippen molar-refractivity contribution in [3.63, 3.8) is 0 Å². The summed E-state index contributed by atoms with van der Waals surface area (Å²) in [6.45, 7) is 1.69. The van der Waals surface area contributed by atoms with E-state index in [4.69, 9.17) is 4.74 Å². The van der Waals surface area contributed by atoms with Crippen LogP contribution < -0.4 is 10.3 Å². The van der Waals surface area contributed by atoms with E-state index >= 15 is 0 Å². The van der Waals surface area contributed by atoms with Gasteiger partial charge in [-0.1, -0.05) is 18.2 Å². The van der Waals surface area contributed by atoms with Gasteiger partial charge in [-0.25, -0.2) is 4.98 Å². The minimum absolute atomic E-state index is 0.0299. The molecular weight excluding hydrogens is 314 g/mol. The maximum atomic E-state index is 12.3. The first kappa shape index (κ1) is 15.8. The second-order valence-electron chi connectivity index (χ2n) is 6.42. The molecule has 128 valence electrons. The van der Waals surface area contributed by atoms with Crippen molar-refractivity contribution in [2.45, 2.75) is 25.4 Å². The fourth-order valence-electron chi connectivity index (χ4n) is 3.63. The van der Waals surface area contributed by atoms with Crippen LogP contribution in [0.4, 0.5) is 0 Å². The number of methoxy groups -OCH3 is 1. The summed E-state index contributed by atoms with van der Waals surface area (Å²) in [6, 6.07) is 15.9. The SMILES string of the molecule is COc1cccc(C2CCCN2Cc2cc(=O)n3ccccc3n2)c1. The second kappa shape index (κ2) is 6.69. The first-order valence-corrected chi connectivity index (χ1v) is 8.60. The van der Waals surface area contributed by atoms with Gasteiger partial charge >= 0.3 is 0 Å². The maximum Gasteiger partial charge on any atom is 0.258 e. The molecular formula is C20H21N3O2. The molecule has 0 N–H and O–H groups in total. The van der Waals surface area contributed by atoms with Crippen LogP contribution in [0.5, 0.6) is 5.75 Å². The molecule has 0 radical (unpaired) electrons. The summed E-state index contributed by atoms with van der Waals surface area (Å²) in [5, 5.41) is 0.